The second-order valence-corrected chi connectivity index (χ2v) is 20.2. The first kappa shape index (κ1) is 41.8. The van der Waals surface area contributed by atoms with E-state index in [1.807, 2.05) is 36.4 Å². The van der Waals surface area contributed by atoms with Crippen molar-refractivity contribution >= 4 is 11.9 Å². The lowest BCUT2D eigenvalue weighted by Gasteiger charge is -2.58. The van der Waals surface area contributed by atoms with Crippen LogP contribution in [0.15, 0.2) is 84.4 Å². The fourth-order valence-electron chi connectivity index (χ4n) is 12.4. The fourth-order valence-corrected chi connectivity index (χ4v) is 12.4. The van der Waals surface area contributed by atoms with Crippen LogP contribution < -0.4 is 9.47 Å². The minimum absolute atomic E-state index is 0.0724. The van der Waals surface area contributed by atoms with Crippen molar-refractivity contribution in [3.63, 3.8) is 0 Å². The van der Waals surface area contributed by atoms with E-state index in [0.29, 0.717) is 28.9 Å². The molecular weight excluding hydrogens is 733 g/mol. The van der Waals surface area contributed by atoms with Gasteiger partial charge in [-0.3, -0.25) is 0 Å². The Morgan fingerprint density at radius 1 is 0.763 bits per heavy atom. The maximum absolute atomic E-state index is 13.5. The lowest BCUT2D eigenvalue weighted by molar-refractivity contribution is -0.133. The fraction of sp³-hybridized carbons (Fsp3) is 0.585. The second kappa shape index (κ2) is 17.2. The van der Waals surface area contributed by atoms with E-state index in [-0.39, 0.29) is 22.9 Å². The van der Waals surface area contributed by atoms with Gasteiger partial charge in [-0.15, -0.1) is 0 Å². The van der Waals surface area contributed by atoms with Crippen molar-refractivity contribution in [2.45, 2.75) is 125 Å². The molecule has 3 aromatic rings. The van der Waals surface area contributed by atoms with Crippen molar-refractivity contribution in [3.05, 3.63) is 95.6 Å². The first-order chi connectivity index (χ1) is 28.4. The first-order valence-corrected chi connectivity index (χ1v) is 23.0. The number of carbonyl (C=O) groups is 2. The van der Waals surface area contributed by atoms with Crippen LogP contribution in [0, 0.1) is 51.8 Å². The molecule has 5 aliphatic rings. The van der Waals surface area contributed by atoms with Gasteiger partial charge in [0.15, 0.2) is 0 Å². The third-order valence-corrected chi connectivity index (χ3v) is 16.3. The van der Waals surface area contributed by atoms with Crippen LogP contribution in [0.5, 0.6) is 11.5 Å². The molecule has 0 amide bonds. The van der Waals surface area contributed by atoms with Crippen molar-refractivity contribution < 1.29 is 28.5 Å². The van der Waals surface area contributed by atoms with Crippen molar-refractivity contribution in [1.29, 1.82) is 0 Å². The smallest absolute Gasteiger partial charge is 0.343 e. The van der Waals surface area contributed by atoms with E-state index in [0.717, 1.165) is 91.3 Å². The molecule has 3 aromatic carbocycles. The molecule has 3 saturated carbocycles. The van der Waals surface area contributed by atoms with Gasteiger partial charge in [0.05, 0.1) is 36.4 Å². The van der Waals surface area contributed by atoms with E-state index in [4.69, 9.17) is 18.9 Å². The monoisotopic (exact) mass is 801 g/mol. The van der Waals surface area contributed by atoms with Gasteiger partial charge in [-0.25, -0.2) is 9.59 Å². The number of fused-ring (bicyclic) bond motifs is 5. The number of esters is 2. The van der Waals surface area contributed by atoms with E-state index in [1.54, 1.807) is 42.0 Å². The van der Waals surface area contributed by atoms with E-state index in [2.05, 4.69) is 47.6 Å². The minimum atomic E-state index is -0.423. The maximum Gasteiger partial charge on any atom is 0.343 e. The number of hydrogen-bond donors (Lipinski definition) is 0. The Labute approximate surface area is 353 Å². The van der Waals surface area contributed by atoms with Gasteiger partial charge >= 0.3 is 11.9 Å². The Morgan fingerprint density at radius 2 is 1.42 bits per heavy atom. The summed E-state index contributed by atoms with van der Waals surface area (Å²) in [6.45, 7) is 16.7. The summed E-state index contributed by atoms with van der Waals surface area (Å²) in [6, 6.07) is 22.1. The minimum Gasteiger partial charge on any atom is -0.493 e. The third kappa shape index (κ3) is 8.54. The highest BCUT2D eigenvalue weighted by molar-refractivity contribution is 5.91. The number of ether oxygens (including phenoxy) is 4. The van der Waals surface area contributed by atoms with Gasteiger partial charge in [-0.1, -0.05) is 96.7 Å². The highest BCUT2D eigenvalue weighted by Gasteiger charge is 2.59. The van der Waals surface area contributed by atoms with Crippen LogP contribution in [-0.2, 0) is 9.47 Å². The van der Waals surface area contributed by atoms with Crippen LogP contribution in [0.2, 0.25) is 0 Å². The van der Waals surface area contributed by atoms with Gasteiger partial charge in [0.25, 0.3) is 0 Å². The average molecular weight is 801 g/mol. The van der Waals surface area contributed by atoms with Gasteiger partial charge in [-0.2, -0.15) is 0 Å². The van der Waals surface area contributed by atoms with Gasteiger partial charge in [-0.05, 0) is 157 Å². The Bertz CT molecular complexity index is 1950. The van der Waals surface area contributed by atoms with Crippen LogP contribution in [0.3, 0.4) is 0 Å². The summed E-state index contributed by atoms with van der Waals surface area (Å²) >= 11 is 0. The van der Waals surface area contributed by atoms with Crippen LogP contribution in [-0.4, -0.2) is 37.9 Å². The summed E-state index contributed by atoms with van der Waals surface area (Å²) in [7, 11) is 0. The highest BCUT2D eigenvalue weighted by Crippen LogP contribution is 2.67. The molecule has 0 N–H and O–H groups in total. The SMILES string of the molecule is CCC1(COc2ccc(C(=O)Oc3ccc(-c4ccc(C(=O)OC5CCC6(C)C(=CCC7C6CCC6(C)C(C(C)CCCC(C)C)CCC76)C5)cc4)cc3)cc2)COC1. The molecule has 4 fully saturated rings. The zero-order chi connectivity index (χ0) is 41.4. The van der Waals surface area contributed by atoms with Crippen LogP contribution in [0.4, 0.5) is 0 Å². The molecule has 6 heteroatoms. The molecular formula is C53H68O6. The molecule has 0 aromatic heterocycles. The van der Waals surface area contributed by atoms with E-state index >= 15 is 0 Å². The molecule has 8 unspecified atom stereocenters. The molecule has 0 radical (unpaired) electrons. The number of benzene rings is 3. The molecule has 1 saturated heterocycles. The van der Waals surface area contributed by atoms with Gasteiger partial charge in [0.1, 0.15) is 17.6 Å². The Hall–Kier alpha value is -3.90. The zero-order valence-corrected chi connectivity index (χ0v) is 36.6. The van der Waals surface area contributed by atoms with Crippen molar-refractivity contribution in [1.82, 2.24) is 0 Å². The lowest BCUT2D eigenvalue weighted by atomic mass is 9.47. The van der Waals surface area contributed by atoms with Crippen molar-refractivity contribution in [2.75, 3.05) is 19.8 Å². The summed E-state index contributed by atoms with van der Waals surface area (Å²) in [5, 5.41) is 0. The summed E-state index contributed by atoms with van der Waals surface area (Å²) in [4.78, 5) is 26.3. The van der Waals surface area contributed by atoms with Crippen molar-refractivity contribution in [2.24, 2.45) is 51.8 Å². The molecule has 4 aliphatic carbocycles. The van der Waals surface area contributed by atoms with Crippen LogP contribution in [0.1, 0.15) is 139 Å². The van der Waals surface area contributed by atoms with Crippen molar-refractivity contribution in [3.8, 4) is 22.6 Å². The normalized spacial score (nSPS) is 29.9. The summed E-state index contributed by atoms with van der Waals surface area (Å²) in [6.07, 6.45) is 17.4. The largest absolute Gasteiger partial charge is 0.493 e. The molecule has 8 rings (SSSR count). The number of hydrogen-bond acceptors (Lipinski definition) is 6. The number of allylic oxidation sites excluding steroid dienone is 1. The predicted molar refractivity (Wildman–Crippen MR) is 235 cm³/mol. The topological polar surface area (TPSA) is 71.1 Å². The zero-order valence-electron chi connectivity index (χ0n) is 36.6. The lowest BCUT2D eigenvalue weighted by Crippen LogP contribution is -2.51. The maximum atomic E-state index is 13.5. The Kier molecular flexibility index (Phi) is 12.2. The van der Waals surface area contributed by atoms with Gasteiger partial charge < -0.3 is 18.9 Å². The van der Waals surface area contributed by atoms with Crippen LogP contribution in [0.25, 0.3) is 11.1 Å². The summed E-state index contributed by atoms with van der Waals surface area (Å²) < 4.78 is 23.2. The second-order valence-electron chi connectivity index (χ2n) is 20.2. The first-order valence-electron chi connectivity index (χ1n) is 23.0. The van der Waals surface area contributed by atoms with E-state index < -0.39 is 5.97 Å². The van der Waals surface area contributed by atoms with Gasteiger partial charge in [0, 0.05) is 6.42 Å². The molecule has 1 heterocycles. The quantitative estimate of drug-likeness (QED) is 0.0919. The van der Waals surface area contributed by atoms with Crippen LogP contribution >= 0.6 is 0 Å². The van der Waals surface area contributed by atoms with E-state index in [1.165, 1.54) is 51.4 Å². The van der Waals surface area contributed by atoms with E-state index in [9.17, 15) is 9.59 Å². The Balaban J connectivity index is 0.822. The standard InChI is InChI=1S/C53H68O6/c1-7-53(32-56-33-53)34-57-42-20-17-40(18-21-42)49(54)58-43-22-15-38(16-23-43)37-11-13-39(14-12-37)50(55)59-44-27-29-51(5)41(31-44)19-24-45-47-26-25-46(36(4)10-8-9-35(2)3)52(47,6)30-28-48(45)51/h11-23,35-36,44-48H,7-10,24-34H2,1-6H3. The Morgan fingerprint density at radius 3 is 2.08 bits per heavy atom. The molecule has 1 aliphatic heterocycles. The summed E-state index contributed by atoms with van der Waals surface area (Å²) in [5.74, 6) is 5.45. The molecule has 316 valence electrons. The third-order valence-electron chi connectivity index (χ3n) is 16.3. The highest BCUT2D eigenvalue weighted by atomic mass is 16.5. The molecule has 8 atom stereocenters. The number of rotatable bonds is 14. The molecule has 0 bridgehead atoms. The molecule has 6 nitrogen and oxygen atoms in total. The molecule has 59 heavy (non-hydrogen) atoms. The molecule has 0 spiro atoms. The predicted octanol–water partition coefficient (Wildman–Crippen LogP) is 12.9. The van der Waals surface area contributed by atoms with Gasteiger partial charge in [0.2, 0.25) is 0 Å². The average Bonchev–Trinajstić information content (AvgIpc) is 3.58. The summed E-state index contributed by atoms with van der Waals surface area (Å²) in [5.41, 5.74) is 5.34. The number of carbonyl (C=O) groups excluding carboxylic acids is 2.